The van der Waals surface area contributed by atoms with Crippen LogP contribution in [-0.2, 0) is 11.3 Å². The maximum absolute atomic E-state index is 12.5. The monoisotopic (exact) mass is 377 g/mol. The summed E-state index contributed by atoms with van der Waals surface area (Å²) in [5.41, 5.74) is 2.34. The highest BCUT2D eigenvalue weighted by Gasteiger charge is 2.38. The molecule has 0 radical (unpaired) electrons. The maximum Gasteiger partial charge on any atom is 0.303 e. The van der Waals surface area contributed by atoms with E-state index in [-0.39, 0.29) is 0 Å². The Hall–Kier alpha value is -1.69. The Morgan fingerprint density at radius 3 is 2.56 bits per heavy atom. The molecule has 2 aromatic rings. The van der Waals surface area contributed by atoms with E-state index in [9.17, 15) is 9.59 Å². The smallest absolute Gasteiger partial charge is 0.303 e. The van der Waals surface area contributed by atoms with E-state index in [2.05, 4.69) is 20.8 Å². The van der Waals surface area contributed by atoms with Gasteiger partial charge in [-0.1, -0.05) is 31.5 Å². The molecule has 6 heteroatoms. The lowest BCUT2D eigenvalue weighted by Crippen LogP contribution is -3.12. The minimum absolute atomic E-state index is 0.323. The average molecular weight is 378 g/mol. The highest BCUT2D eigenvalue weighted by Crippen LogP contribution is 2.31. The lowest BCUT2D eigenvalue weighted by molar-refractivity contribution is -0.910. The second kappa shape index (κ2) is 7.28. The lowest BCUT2D eigenvalue weighted by Gasteiger charge is -2.23. The van der Waals surface area contributed by atoms with Gasteiger partial charge in [0.15, 0.2) is 6.67 Å². The largest absolute Gasteiger partial charge is 0.313 e. The maximum atomic E-state index is 12.5. The Bertz CT molecular complexity index is 816. The number of Topliss-reactive ketones (excluding diaryl/α,β-unsaturated/α-hetero) is 1. The molecule has 0 saturated carbocycles. The highest BCUT2D eigenvalue weighted by molar-refractivity contribution is 7.16. The standard InChI is InChI=1S/C19H21ClN2O2S/c1-4-21(10-14-6-8-17(20)25-14)11-22-16-7-5-13(12(2)3)9-15(16)18(23)19(22)24/h5-9,12H,4,10-11H2,1-3H3/p+1. The number of amides is 1. The molecule has 1 aliphatic heterocycles. The number of anilines is 1. The zero-order chi connectivity index (χ0) is 18.1. The van der Waals surface area contributed by atoms with E-state index in [4.69, 9.17) is 11.6 Å². The first kappa shape index (κ1) is 18.1. The molecule has 1 N–H and O–H groups in total. The number of benzene rings is 1. The third-order valence-electron chi connectivity index (χ3n) is 4.60. The Kier molecular flexibility index (Phi) is 5.27. The quantitative estimate of drug-likeness (QED) is 0.786. The van der Waals surface area contributed by atoms with Gasteiger partial charge < -0.3 is 4.90 Å². The fourth-order valence-corrected chi connectivity index (χ4v) is 4.20. The predicted molar refractivity (Wildman–Crippen MR) is 102 cm³/mol. The number of fused-ring (bicyclic) bond motifs is 1. The van der Waals surface area contributed by atoms with Crippen LogP contribution < -0.4 is 9.80 Å². The van der Waals surface area contributed by atoms with Gasteiger partial charge in [-0.05, 0) is 42.7 Å². The van der Waals surface area contributed by atoms with Crippen LogP contribution in [0.15, 0.2) is 30.3 Å². The topological polar surface area (TPSA) is 41.8 Å². The van der Waals surface area contributed by atoms with Gasteiger partial charge in [0.2, 0.25) is 0 Å². The minimum atomic E-state index is -0.425. The Morgan fingerprint density at radius 2 is 1.96 bits per heavy atom. The first-order valence-corrected chi connectivity index (χ1v) is 9.68. The van der Waals surface area contributed by atoms with E-state index in [0.717, 1.165) is 28.7 Å². The van der Waals surface area contributed by atoms with Crippen LogP contribution in [0.25, 0.3) is 0 Å². The molecule has 1 atom stereocenters. The second-order valence-electron chi connectivity index (χ2n) is 6.64. The normalized spacial score (nSPS) is 15.2. The number of thiophene rings is 1. The number of hydrogen-bond acceptors (Lipinski definition) is 3. The van der Waals surface area contributed by atoms with Crippen molar-refractivity contribution in [1.82, 2.24) is 0 Å². The molecule has 0 spiro atoms. The fraction of sp³-hybridized carbons (Fsp3) is 0.368. The zero-order valence-corrected chi connectivity index (χ0v) is 16.2. The zero-order valence-electron chi connectivity index (χ0n) is 14.6. The van der Waals surface area contributed by atoms with Crippen molar-refractivity contribution in [1.29, 1.82) is 0 Å². The summed E-state index contributed by atoms with van der Waals surface area (Å²) in [5, 5.41) is 0. The number of nitrogens with one attached hydrogen (secondary N) is 1. The summed E-state index contributed by atoms with van der Waals surface area (Å²) in [6.45, 7) is 8.35. The van der Waals surface area contributed by atoms with Gasteiger partial charge in [0.05, 0.1) is 27.0 Å². The van der Waals surface area contributed by atoms with Crippen LogP contribution in [-0.4, -0.2) is 24.9 Å². The number of rotatable bonds is 6. The van der Waals surface area contributed by atoms with Gasteiger partial charge in [0.1, 0.15) is 6.54 Å². The molecule has 1 aromatic carbocycles. The summed E-state index contributed by atoms with van der Waals surface area (Å²) >= 11 is 7.56. The average Bonchev–Trinajstić information content (AvgIpc) is 3.10. The summed E-state index contributed by atoms with van der Waals surface area (Å²) in [6.07, 6.45) is 0. The van der Waals surface area contributed by atoms with Crippen LogP contribution in [0, 0.1) is 0 Å². The molecular weight excluding hydrogens is 356 g/mol. The van der Waals surface area contributed by atoms with Crippen LogP contribution in [0.3, 0.4) is 0 Å². The van der Waals surface area contributed by atoms with E-state index < -0.39 is 11.7 Å². The molecule has 1 unspecified atom stereocenters. The van der Waals surface area contributed by atoms with Crippen molar-refractivity contribution < 1.29 is 14.5 Å². The molecular formula is C19H22ClN2O2S+. The third kappa shape index (κ3) is 3.64. The first-order valence-electron chi connectivity index (χ1n) is 8.48. The van der Waals surface area contributed by atoms with Gasteiger partial charge in [0.25, 0.3) is 5.78 Å². The summed E-state index contributed by atoms with van der Waals surface area (Å²) in [7, 11) is 0. The van der Waals surface area contributed by atoms with Crippen LogP contribution in [0.4, 0.5) is 5.69 Å². The van der Waals surface area contributed by atoms with E-state index in [1.807, 2.05) is 30.3 Å². The molecule has 3 rings (SSSR count). The number of hydrogen-bond donors (Lipinski definition) is 1. The Labute approximate surface area is 157 Å². The molecule has 1 aliphatic rings. The number of halogens is 1. The number of ketones is 1. The molecule has 0 saturated heterocycles. The SMILES string of the molecule is CC[NH+](Cc1ccc(Cl)s1)CN1C(=O)C(=O)c2cc(C(C)C)ccc21. The summed E-state index contributed by atoms with van der Waals surface area (Å²) in [4.78, 5) is 28.9. The lowest BCUT2D eigenvalue weighted by atomic mass is 9.99. The van der Waals surface area contributed by atoms with Crippen LogP contribution in [0.1, 0.15) is 47.5 Å². The number of carbonyl (C=O) groups is 2. The van der Waals surface area contributed by atoms with Crippen molar-refractivity contribution in [2.45, 2.75) is 33.2 Å². The van der Waals surface area contributed by atoms with Crippen molar-refractivity contribution in [3.8, 4) is 0 Å². The van der Waals surface area contributed by atoms with E-state index in [0.29, 0.717) is 18.2 Å². The van der Waals surface area contributed by atoms with E-state index >= 15 is 0 Å². The van der Waals surface area contributed by atoms with Crippen molar-refractivity contribution >= 4 is 40.3 Å². The van der Waals surface area contributed by atoms with Crippen molar-refractivity contribution in [3.63, 3.8) is 0 Å². The Balaban J connectivity index is 1.83. The Morgan fingerprint density at radius 1 is 1.20 bits per heavy atom. The van der Waals surface area contributed by atoms with Crippen LogP contribution >= 0.6 is 22.9 Å². The van der Waals surface area contributed by atoms with E-state index in [1.54, 1.807) is 16.2 Å². The summed E-state index contributed by atoms with van der Waals surface area (Å²) in [5.74, 6) is -0.498. The molecule has 1 aromatic heterocycles. The van der Waals surface area contributed by atoms with Crippen LogP contribution in [0.2, 0.25) is 4.34 Å². The van der Waals surface area contributed by atoms with Crippen molar-refractivity contribution in [2.24, 2.45) is 0 Å². The van der Waals surface area contributed by atoms with Gasteiger partial charge in [-0.2, -0.15) is 0 Å². The molecule has 0 bridgehead atoms. The van der Waals surface area contributed by atoms with Gasteiger partial charge in [-0.15, -0.1) is 11.3 Å². The molecule has 0 aliphatic carbocycles. The molecule has 132 valence electrons. The first-order chi connectivity index (χ1) is 11.9. The summed E-state index contributed by atoms with van der Waals surface area (Å²) in [6, 6.07) is 9.69. The van der Waals surface area contributed by atoms with Gasteiger partial charge in [-0.25, -0.2) is 0 Å². The number of carbonyl (C=O) groups excluding carboxylic acids is 2. The molecule has 1 amide bonds. The second-order valence-corrected chi connectivity index (χ2v) is 8.44. The van der Waals surface area contributed by atoms with Gasteiger partial charge >= 0.3 is 5.91 Å². The van der Waals surface area contributed by atoms with Crippen molar-refractivity contribution in [3.05, 3.63) is 50.7 Å². The van der Waals surface area contributed by atoms with Crippen molar-refractivity contribution in [2.75, 3.05) is 18.1 Å². The molecule has 4 nitrogen and oxygen atoms in total. The van der Waals surface area contributed by atoms with Gasteiger partial charge in [-0.3, -0.25) is 14.5 Å². The van der Waals surface area contributed by atoms with Crippen LogP contribution in [0.5, 0.6) is 0 Å². The number of nitrogens with zero attached hydrogens (tertiary/aromatic N) is 1. The summed E-state index contributed by atoms with van der Waals surface area (Å²) < 4.78 is 0.768. The highest BCUT2D eigenvalue weighted by atomic mass is 35.5. The molecule has 2 heterocycles. The predicted octanol–water partition coefficient (Wildman–Crippen LogP) is 3.12. The third-order valence-corrected chi connectivity index (χ3v) is 5.83. The fourth-order valence-electron chi connectivity index (χ4n) is 3.04. The van der Waals surface area contributed by atoms with Gasteiger partial charge in [0, 0.05) is 0 Å². The minimum Gasteiger partial charge on any atom is -0.313 e. The molecule has 25 heavy (non-hydrogen) atoms. The van der Waals surface area contributed by atoms with E-state index in [1.165, 1.54) is 9.78 Å². The number of quaternary nitrogens is 1. The molecule has 0 fully saturated rings.